The van der Waals surface area contributed by atoms with E-state index < -0.39 is 26.5 Å². The lowest BCUT2D eigenvalue weighted by atomic mass is 9.80. The van der Waals surface area contributed by atoms with Gasteiger partial charge in [0.05, 0.1) is 12.0 Å². The fourth-order valence-corrected chi connectivity index (χ4v) is 6.79. The highest BCUT2D eigenvalue weighted by molar-refractivity contribution is 7.93. The molecule has 1 aliphatic carbocycles. The molecule has 10 heteroatoms. The highest BCUT2D eigenvalue weighted by Gasteiger charge is 2.57. The van der Waals surface area contributed by atoms with Gasteiger partial charge in [-0.1, -0.05) is 30.3 Å². The Balaban J connectivity index is 0.00000408. The monoisotopic (exact) mass is 511 g/mol. The first-order valence-electron chi connectivity index (χ1n) is 11.0. The number of nitrogens with zero attached hydrogens (tertiary/aromatic N) is 1. The molecule has 0 radical (unpaired) electrons. The number of hydrogen-bond acceptors (Lipinski definition) is 7. The Labute approximate surface area is 208 Å². The molecule has 0 aromatic heterocycles. The second-order valence-corrected chi connectivity index (χ2v) is 10.8. The van der Waals surface area contributed by atoms with Crippen molar-refractivity contribution in [1.29, 1.82) is 0 Å². The van der Waals surface area contributed by atoms with Crippen molar-refractivity contribution in [3.63, 3.8) is 0 Å². The Morgan fingerprint density at radius 1 is 1.06 bits per heavy atom. The van der Waals surface area contributed by atoms with Crippen LogP contribution in [0.25, 0.3) is 0 Å². The summed E-state index contributed by atoms with van der Waals surface area (Å²) >= 11 is 0. The van der Waals surface area contributed by atoms with Crippen molar-refractivity contribution in [3.05, 3.63) is 60.2 Å². The summed E-state index contributed by atoms with van der Waals surface area (Å²) in [6.07, 6.45) is 2.55. The summed E-state index contributed by atoms with van der Waals surface area (Å²) in [4.78, 5) is 13.3. The molecule has 2 aromatic carbocycles. The molecule has 3 rings (SSSR count). The van der Waals surface area contributed by atoms with Crippen LogP contribution in [0.3, 0.4) is 0 Å². The summed E-state index contributed by atoms with van der Waals surface area (Å²) in [7, 11) is 1.24. The van der Waals surface area contributed by atoms with E-state index in [2.05, 4.69) is 10.2 Å². The number of amides is 1. The van der Waals surface area contributed by atoms with Crippen LogP contribution < -0.4 is 15.5 Å². The van der Waals surface area contributed by atoms with Crippen molar-refractivity contribution in [3.8, 4) is 5.75 Å². The Bertz CT molecular complexity index is 1030. The number of methoxy groups -OCH3 is 1. The third-order valence-electron chi connectivity index (χ3n) is 6.63. The first kappa shape index (κ1) is 28.1. The van der Waals surface area contributed by atoms with Crippen LogP contribution in [0.1, 0.15) is 31.2 Å². The predicted molar refractivity (Wildman–Crippen MR) is 133 cm³/mol. The zero-order valence-electron chi connectivity index (χ0n) is 19.7. The van der Waals surface area contributed by atoms with Crippen molar-refractivity contribution < 1.29 is 23.2 Å². The lowest BCUT2D eigenvalue weighted by molar-refractivity contribution is -0.135. The van der Waals surface area contributed by atoms with Gasteiger partial charge in [0.1, 0.15) is 5.75 Å². The van der Waals surface area contributed by atoms with E-state index in [-0.39, 0.29) is 23.8 Å². The minimum Gasteiger partial charge on any atom is -0.497 e. The predicted octanol–water partition coefficient (Wildman–Crippen LogP) is 3.00. The number of rotatable bonds is 9. The largest absolute Gasteiger partial charge is 0.497 e. The molecule has 8 nitrogen and oxygen atoms in total. The topological polar surface area (TPSA) is 108 Å². The van der Waals surface area contributed by atoms with E-state index in [0.29, 0.717) is 24.6 Å². The van der Waals surface area contributed by atoms with Gasteiger partial charge in [-0.25, -0.2) is 13.9 Å². The normalized spacial score (nSPS) is 20.1. The minimum absolute atomic E-state index is 0. The number of carbonyl (C=O) groups is 1. The first-order chi connectivity index (χ1) is 15.8. The molecular formula is C24H34ClN3O5S. The average Bonchev–Trinajstić information content (AvgIpc) is 2.85. The summed E-state index contributed by atoms with van der Waals surface area (Å²) in [6.45, 7) is 0.150. The molecule has 1 atom stereocenters. The summed E-state index contributed by atoms with van der Waals surface area (Å²) < 4.78 is 33.4. The zero-order chi connectivity index (χ0) is 24.1. The minimum atomic E-state index is -4.26. The van der Waals surface area contributed by atoms with Crippen LogP contribution in [0.5, 0.6) is 5.75 Å². The summed E-state index contributed by atoms with van der Waals surface area (Å²) in [5.41, 5.74) is 2.49. The van der Waals surface area contributed by atoms with Gasteiger partial charge in [0, 0.05) is 18.5 Å². The Hall–Kier alpha value is -2.17. The summed E-state index contributed by atoms with van der Waals surface area (Å²) in [5.74, 6) is -0.992. The maximum Gasteiger partial charge on any atom is 0.280 e. The third kappa shape index (κ3) is 5.55. The molecule has 0 saturated heterocycles. The van der Waals surface area contributed by atoms with Gasteiger partial charge in [0.25, 0.3) is 5.91 Å². The molecule has 3 N–H and O–H groups in total. The van der Waals surface area contributed by atoms with Crippen molar-refractivity contribution in [2.24, 2.45) is 5.92 Å². The van der Waals surface area contributed by atoms with Gasteiger partial charge in [-0.05, 0) is 69.6 Å². The van der Waals surface area contributed by atoms with Gasteiger partial charge in [0.2, 0.25) is 14.7 Å². The van der Waals surface area contributed by atoms with E-state index in [1.807, 2.05) is 44.4 Å². The second kappa shape index (κ2) is 12.0. The van der Waals surface area contributed by atoms with E-state index >= 15 is 0 Å². The molecule has 1 fully saturated rings. The maximum absolute atomic E-state index is 14.1. The van der Waals surface area contributed by atoms with Crippen LogP contribution in [0.2, 0.25) is 0 Å². The van der Waals surface area contributed by atoms with Gasteiger partial charge in [-0.15, -0.1) is 12.4 Å². The molecule has 2 aromatic rings. The Kier molecular flexibility index (Phi) is 9.90. The number of halogens is 1. The van der Waals surface area contributed by atoms with E-state index in [9.17, 15) is 18.4 Å². The number of ether oxygens (including phenoxy) is 1. The lowest BCUT2D eigenvalue weighted by Gasteiger charge is -2.43. The van der Waals surface area contributed by atoms with Crippen molar-refractivity contribution >= 4 is 28.2 Å². The number of hydroxylamine groups is 1. The number of nitrogens with one attached hydrogen (secondary N) is 2. The van der Waals surface area contributed by atoms with Gasteiger partial charge < -0.3 is 9.64 Å². The molecule has 1 amide bonds. The van der Waals surface area contributed by atoms with E-state index in [1.165, 1.54) is 19.2 Å². The van der Waals surface area contributed by atoms with Gasteiger partial charge in [0.15, 0.2) is 0 Å². The zero-order valence-corrected chi connectivity index (χ0v) is 21.4. The van der Waals surface area contributed by atoms with Gasteiger partial charge in [-0.3, -0.25) is 15.3 Å². The third-order valence-corrected chi connectivity index (χ3v) is 9.04. The molecule has 188 valence electrons. The molecule has 1 saturated carbocycles. The average molecular weight is 512 g/mol. The number of sulfone groups is 1. The highest BCUT2D eigenvalue weighted by Crippen LogP contribution is 2.41. The smallest absolute Gasteiger partial charge is 0.280 e. The Morgan fingerprint density at radius 2 is 1.65 bits per heavy atom. The molecule has 0 aliphatic heterocycles. The fraction of sp³-hybridized carbons (Fsp3) is 0.458. The SMILES string of the molecule is COc1ccc(S(=O)(=O)[C@@](NCc2ccccc2)(C(=O)NO)C2CCC(N(C)C)CC2)cc1.Cl. The number of hydrogen-bond donors (Lipinski definition) is 3. The van der Waals surface area contributed by atoms with Crippen LogP contribution in [-0.2, 0) is 21.2 Å². The maximum atomic E-state index is 14.1. The fourth-order valence-electron chi connectivity index (χ4n) is 4.70. The van der Waals surface area contributed by atoms with Gasteiger partial charge in [-0.2, -0.15) is 0 Å². The number of carbonyl (C=O) groups excluding carboxylic acids is 1. The van der Waals surface area contributed by atoms with Crippen molar-refractivity contribution in [2.45, 2.75) is 48.0 Å². The highest BCUT2D eigenvalue weighted by atomic mass is 35.5. The van der Waals surface area contributed by atoms with E-state index in [0.717, 1.165) is 18.4 Å². The molecule has 0 spiro atoms. The molecule has 0 unspecified atom stereocenters. The van der Waals surface area contributed by atoms with Gasteiger partial charge >= 0.3 is 0 Å². The van der Waals surface area contributed by atoms with Crippen LogP contribution in [-0.4, -0.2) is 56.6 Å². The standard InChI is InChI=1S/C24H33N3O5S.ClH/c1-27(2)20-11-9-19(10-12-20)24(23(28)26-29,25-17-18-7-5-4-6-8-18)33(30,31)22-15-13-21(32-3)14-16-22;/h4-8,13-16,19-20,25,29H,9-12,17H2,1-3H3,(H,26,28);1H/t19?,20?,24-;/m1./s1. The summed E-state index contributed by atoms with van der Waals surface area (Å²) in [5, 5.41) is 12.8. The van der Waals surface area contributed by atoms with Crippen LogP contribution in [0, 0.1) is 5.92 Å². The van der Waals surface area contributed by atoms with Crippen LogP contribution in [0.4, 0.5) is 0 Å². The molecular weight excluding hydrogens is 478 g/mol. The van der Waals surface area contributed by atoms with E-state index in [4.69, 9.17) is 4.74 Å². The van der Waals surface area contributed by atoms with E-state index in [1.54, 1.807) is 17.6 Å². The molecule has 34 heavy (non-hydrogen) atoms. The second-order valence-electron chi connectivity index (χ2n) is 8.66. The molecule has 0 heterocycles. The molecule has 0 bridgehead atoms. The van der Waals surface area contributed by atoms with Crippen LogP contribution >= 0.6 is 12.4 Å². The molecule has 1 aliphatic rings. The van der Waals surface area contributed by atoms with Crippen molar-refractivity contribution in [1.82, 2.24) is 15.7 Å². The van der Waals surface area contributed by atoms with Crippen LogP contribution in [0.15, 0.2) is 59.5 Å². The Morgan fingerprint density at radius 3 is 2.15 bits per heavy atom. The van der Waals surface area contributed by atoms with Crippen molar-refractivity contribution in [2.75, 3.05) is 21.2 Å². The number of benzene rings is 2. The summed E-state index contributed by atoms with van der Waals surface area (Å²) in [6, 6.07) is 15.6. The lowest BCUT2D eigenvalue weighted by Crippen LogP contribution is -2.66. The quantitative estimate of drug-likeness (QED) is 0.351. The first-order valence-corrected chi connectivity index (χ1v) is 12.5.